The number of hydrogen-bond donors (Lipinski definition) is 1. The van der Waals surface area contributed by atoms with Crippen LogP contribution < -0.4 is 5.32 Å². The van der Waals surface area contributed by atoms with Gasteiger partial charge < -0.3 is 5.32 Å². The Labute approximate surface area is 160 Å². The fourth-order valence-electron chi connectivity index (χ4n) is 3.51. The first-order valence-corrected chi connectivity index (χ1v) is 8.63. The minimum Gasteiger partial charge on any atom is -0.354 e. The number of nitrogens with one attached hydrogen (secondary N) is 1. The lowest BCUT2D eigenvalue weighted by molar-refractivity contribution is 0.430. The smallest absolute Gasteiger partial charge is 0.212 e. The summed E-state index contributed by atoms with van der Waals surface area (Å²) in [5.41, 5.74) is 1.58. The van der Waals surface area contributed by atoms with Crippen molar-refractivity contribution in [1.29, 1.82) is 5.26 Å². The van der Waals surface area contributed by atoms with E-state index in [2.05, 4.69) is 15.3 Å². The van der Waals surface area contributed by atoms with E-state index in [4.69, 9.17) is 10.3 Å². The van der Waals surface area contributed by atoms with Gasteiger partial charge in [0, 0.05) is 23.5 Å². The predicted octanol–water partition coefficient (Wildman–Crippen LogP) is 3.31. The third kappa shape index (κ3) is 2.89. The highest BCUT2D eigenvalue weighted by Crippen LogP contribution is 2.38. The molecule has 0 amide bonds. The van der Waals surface area contributed by atoms with Crippen LogP contribution in [0.5, 0.6) is 0 Å². The Balaban J connectivity index is 1.84. The molecule has 1 N–H and O–H groups in total. The Morgan fingerprint density at radius 1 is 1.04 bits per heavy atom. The van der Waals surface area contributed by atoms with Crippen LogP contribution in [-0.2, 0) is 5.54 Å². The van der Waals surface area contributed by atoms with E-state index in [0.29, 0.717) is 17.0 Å². The lowest BCUT2D eigenvalue weighted by atomic mass is 9.79. The monoisotopic (exact) mass is 375 g/mol. The minimum absolute atomic E-state index is 0.275. The van der Waals surface area contributed by atoms with Gasteiger partial charge in [-0.2, -0.15) is 9.65 Å². The average molecular weight is 375 g/mol. The molecule has 2 aromatic heterocycles. The molecular weight excluding hydrogens is 360 g/mol. The van der Waals surface area contributed by atoms with Crippen LogP contribution in [0.4, 0.5) is 8.78 Å². The van der Waals surface area contributed by atoms with Gasteiger partial charge in [0.15, 0.2) is 0 Å². The SMILES string of the molecule is C[C@@H]1N=C(c2ccnc(C#N)c2)N[C@]1(c1ccc(F)cc1)c1ccc(F)nc1. The Morgan fingerprint density at radius 3 is 2.46 bits per heavy atom. The molecule has 5 nitrogen and oxygen atoms in total. The van der Waals surface area contributed by atoms with E-state index in [9.17, 15) is 8.78 Å². The van der Waals surface area contributed by atoms with Crippen molar-refractivity contribution in [3.8, 4) is 6.07 Å². The molecule has 1 aliphatic heterocycles. The molecule has 138 valence electrons. The van der Waals surface area contributed by atoms with E-state index in [-0.39, 0.29) is 17.6 Å². The molecule has 0 aliphatic carbocycles. The largest absolute Gasteiger partial charge is 0.354 e. The van der Waals surface area contributed by atoms with E-state index < -0.39 is 11.5 Å². The standard InChI is InChI=1S/C21H15F2N5/c1-13-21(15-2-5-17(22)6-3-15,16-4-7-19(23)26-12-16)28-20(27-13)14-8-9-25-18(10-14)11-24/h2-10,12-13H,1H3,(H,27,28)/t13-,21+/m0/s1. The predicted molar refractivity (Wildman–Crippen MR) is 99.5 cm³/mol. The summed E-state index contributed by atoms with van der Waals surface area (Å²) in [7, 11) is 0. The summed E-state index contributed by atoms with van der Waals surface area (Å²) in [4.78, 5) is 12.5. The number of nitriles is 1. The molecule has 0 saturated carbocycles. The van der Waals surface area contributed by atoms with E-state index in [1.165, 1.54) is 24.4 Å². The summed E-state index contributed by atoms with van der Waals surface area (Å²) in [5, 5.41) is 12.5. The van der Waals surface area contributed by atoms with Crippen molar-refractivity contribution in [1.82, 2.24) is 15.3 Å². The van der Waals surface area contributed by atoms with Crippen LogP contribution in [0.3, 0.4) is 0 Å². The number of rotatable bonds is 3. The molecule has 4 rings (SSSR count). The van der Waals surface area contributed by atoms with Crippen LogP contribution >= 0.6 is 0 Å². The fraction of sp³-hybridized carbons (Fsp3) is 0.143. The Kier molecular flexibility index (Phi) is 4.32. The van der Waals surface area contributed by atoms with Gasteiger partial charge in [-0.05, 0) is 42.8 Å². The zero-order valence-corrected chi connectivity index (χ0v) is 14.9. The molecule has 0 unspecified atom stereocenters. The summed E-state index contributed by atoms with van der Waals surface area (Å²) in [5.74, 6) is -0.367. The molecular formula is C21H15F2N5. The van der Waals surface area contributed by atoms with Crippen molar-refractivity contribution < 1.29 is 8.78 Å². The molecule has 0 bridgehead atoms. The molecule has 3 heterocycles. The highest BCUT2D eigenvalue weighted by Gasteiger charge is 2.45. The zero-order chi connectivity index (χ0) is 19.7. The van der Waals surface area contributed by atoms with Crippen molar-refractivity contribution in [3.05, 3.63) is 95.1 Å². The van der Waals surface area contributed by atoms with E-state index >= 15 is 0 Å². The number of aliphatic imine (C=N–C) groups is 1. The van der Waals surface area contributed by atoms with Crippen molar-refractivity contribution in [2.45, 2.75) is 18.5 Å². The van der Waals surface area contributed by atoms with Crippen LogP contribution in [0, 0.1) is 23.1 Å². The summed E-state index contributed by atoms with van der Waals surface area (Å²) in [6.45, 7) is 1.92. The number of pyridine rings is 2. The first-order valence-electron chi connectivity index (χ1n) is 8.63. The van der Waals surface area contributed by atoms with Crippen LogP contribution in [0.15, 0.2) is 65.9 Å². The molecule has 0 saturated heterocycles. The van der Waals surface area contributed by atoms with Crippen LogP contribution in [-0.4, -0.2) is 21.8 Å². The van der Waals surface area contributed by atoms with E-state index in [1.54, 1.807) is 36.5 Å². The van der Waals surface area contributed by atoms with Gasteiger partial charge >= 0.3 is 0 Å². The Morgan fingerprint density at radius 2 is 1.79 bits per heavy atom. The zero-order valence-electron chi connectivity index (χ0n) is 14.9. The van der Waals surface area contributed by atoms with E-state index in [0.717, 1.165) is 5.56 Å². The highest BCUT2D eigenvalue weighted by molar-refractivity contribution is 6.01. The molecule has 2 atom stereocenters. The topological polar surface area (TPSA) is 74.0 Å². The molecule has 1 aliphatic rings. The first-order chi connectivity index (χ1) is 13.5. The Hall–Kier alpha value is -3.66. The summed E-state index contributed by atoms with van der Waals surface area (Å²) in [6, 6.07) is 14.1. The normalized spacial score (nSPS) is 20.9. The molecule has 3 aromatic rings. The quantitative estimate of drug-likeness (QED) is 0.713. The van der Waals surface area contributed by atoms with Crippen molar-refractivity contribution in [2.24, 2.45) is 4.99 Å². The van der Waals surface area contributed by atoms with Crippen molar-refractivity contribution in [2.75, 3.05) is 0 Å². The molecule has 0 radical (unpaired) electrons. The number of halogens is 2. The van der Waals surface area contributed by atoms with Gasteiger partial charge in [0.05, 0.1) is 6.04 Å². The molecule has 1 aromatic carbocycles. The second-order valence-electron chi connectivity index (χ2n) is 6.50. The first kappa shape index (κ1) is 17.7. The fourth-order valence-corrected chi connectivity index (χ4v) is 3.51. The van der Waals surface area contributed by atoms with Crippen molar-refractivity contribution in [3.63, 3.8) is 0 Å². The lowest BCUT2D eigenvalue weighted by Crippen LogP contribution is -2.48. The highest BCUT2D eigenvalue weighted by atomic mass is 19.1. The third-order valence-electron chi connectivity index (χ3n) is 4.90. The number of benzene rings is 1. The lowest BCUT2D eigenvalue weighted by Gasteiger charge is -2.34. The second kappa shape index (κ2) is 6.82. The summed E-state index contributed by atoms with van der Waals surface area (Å²) >= 11 is 0. The summed E-state index contributed by atoms with van der Waals surface area (Å²) < 4.78 is 27.0. The third-order valence-corrected chi connectivity index (χ3v) is 4.90. The second-order valence-corrected chi connectivity index (χ2v) is 6.50. The molecule has 7 heteroatoms. The van der Waals surface area contributed by atoms with Gasteiger partial charge in [-0.1, -0.05) is 18.2 Å². The minimum atomic E-state index is -0.861. The average Bonchev–Trinajstić information content (AvgIpc) is 3.07. The van der Waals surface area contributed by atoms with Crippen LogP contribution in [0.2, 0.25) is 0 Å². The van der Waals surface area contributed by atoms with Crippen LogP contribution in [0.1, 0.15) is 29.3 Å². The maximum absolute atomic E-state index is 13.5. The number of nitrogens with zero attached hydrogens (tertiary/aromatic N) is 4. The van der Waals surface area contributed by atoms with Gasteiger partial charge in [0.1, 0.15) is 29.0 Å². The van der Waals surface area contributed by atoms with E-state index in [1.807, 2.05) is 13.0 Å². The molecule has 28 heavy (non-hydrogen) atoms. The van der Waals surface area contributed by atoms with Gasteiger partial charge in [-0.25, -0.2) is 14.4 Å². The molecule has 0 fully saturated rings. The van der Waals surface area contributed by atoms with Gasteiger partial charge in [-0.3, -0.25) is 4.99 Å². The van der Waals surface area contributed by atoms with Gasteiger partial charge in [-0.15, -0.1) is 0 Å². The Bertz CT molecular complexity index is 1040. The number of aromatic nitrogens is 2. The van der Waals surface area contributed by atoms with Crippen LogP contribution in [0.25, 0.3) is 0 Å². The maximum atomic E-state index is 13.5. The number of amidine groups is 1. The van der Waals surface area contributed by atoms with Gasteiger partial charge in [0.25, 0.3) is 0 Å². The van der Waals surface area contributed by atoms with Gasteiger partial charge in [0.2, 0.25) is 5.95 Å². The molecule has 0 spiro atoms. The van der Waals surface area contributed by atoms with Crippen molar-refractivity contribution >= 4 is 5.84 Å². The number of hydrogen-bond acceptors (Lipinski definition) is 5. The summed E-state index contributed by atoms with van der Waals surface area (Å²) in [6.07, 6.45) is 2.99. The maximum Gasteiger partial charge on any atom is 0.212 e.